The van der Waals surface area contributed by atoms with Gasteiger partial charge >= 0.3 is 0 Å². The molecular formula is C23H19FN2OS. The summed E-state index contributed by atoms with van der Waals surface area (Å²) in [4.78, 5) is 19.7. The SMILES string of the molecule is O=C(Cc1cccs1)N1CCc2c([nH]c3ccccc23)[C@H]1c1ccc(F)cc1. The molecule has 5 rings (SSSR count). The van der Waals surface area contributed by atoms with Crippen LogP contribution in [0.3, 0.4) is 0 Å². The van der Waals surface area contributed by atoms with Crippen molar-refractivity contribution in [2.75, 3.05) is 6.54 Å². The summed E-state index contributed by atoms with van der Waals surface area (Å²) in [5.74, 6) is -0.172. The molecule has 0 bridgehead atoms. The van der Waals surface area contributed by atoms with Crippen LogP contribution in [0.1, 0.15) is 27.7 Å². The van der Waals surface area contributed by atoms with Gasteiger partial charge in [-0.3, -0.25) is 4.79 Å². The number of carbonyl (C=O) groups is 1. The van der Waals surface area contributed by atoms with Gasteiger partial charge < -0.3 is 9.88 Å². The number of thiophene rings is 1. The van der Waals surface area contributed by atoms with Crippen molar-refractivity contribution in [2.45, 2.75) is 18.9 Å². The van der Waals surface area contributed by atoms with E-state index in [2.05, 4.69) is 17.1 Å². The lowest BCUT2D eigenvalue weighted by molar-refractivity contribution is -0.132. The zero-order chi connectivity index (χ0) is 19.1. The van der Waals surface area contributed by atoms with Gasteiger partial charge in [0.2, 0.25) is 5.91 Å². The van der Waals surface area contributed by atoms with E-state index in [4.69, 9.17) is 0 Å². The molecule has 5 heteroatoms. The molecular weight excluding hydrogens is 371 g/mol. The van der Waals surface area contributed by atoms with E-state index < -0.39 is 0 Å². The summed E-state index contributed by atoms with van der Waals surface area (Å²) in [6, 6.07) is 18.5. The molecule has 3 heterocycles. The number of para-hydroxylation sites is 1. The van der Waals surface area contributed by atoms with Crippen LogP contribution in [0.15, 0.2) is 66.0 Å². The van der Waals surface area contributed by atoms with Crippen LogP contribution in [0.5, 0.6) is 0 Å². The number of hydrogen-bond donors (Lipinski definition) is 1. The Morgan fingerprint density at radius 2 is 1.93 bits per heavy atom. The fraction of sp³-hybridized carbons (Fsp3) is 0.174. The van der Waals surface area contributed by atoms with Crippen LogP contribution in [0.2, 0.25) is 0 Å². The van der Waals surface area contributed by atoms with Gasteiger partial charge in [0.15, 0.2) is 0 Å². The number of fused-ring (bicyclic) bond motifs is 3. The second-order valence-electron chi connectivity index (χ2n) is 7.11. The van der Waals surface area contributed by atoms with Crippen molar-refractivity contribution in [3.63, 3.8) is 0 Å². The minimum atomic E-state index is -0.270. The van der Waals surface area contributed by atoms with Crippen LogP contribution >= 0.6 is 11.3 Å². The Hall–Kier alpha value is -2.92. The van der Waals surface area contributed by atoms with Gasteiger partial charge in [-0.05, 0) is 47.2 Å². The van der Waals surface area contributed by atoms with Gasteiger partial charge in [-0.25, -0.2) is 4.39 Å². The molecule has 2 aromatic heterocycles. The van der Waals surface area contributed by atoms with Gasteiger partial charge in [-0.1, -0.05) is 36.4 Å². The lowest BCUT2D eigenvalue weighted by Gasteiger charge is -2.36. The van der Waals surface area contributed by atoms with Crippen LogP contribution in [-0.2, 0) is 17.6 Å². The van der Waals surface area contributed by atoms with E-state index in [0.29, 0.717) is 13.0 Å². The zero-order valence-electron chi connectivity index (χ0n) is 15.2. The van der Waals surface area contributed by atoms with Crippen molar-refractivity contribution in [1.29, 1.82) is 0 Å². The van der Waals surface area contributed by atoms with E-state index in [-0.39, 0.29) is 17.8 Å². The summed E-state index contributed by atoms with van der Waals surface area (Å²) in [5.41, 5.74) is 4.30. The van der Waals surface area contributed by atoms with Crippen LogP contribution in [0, 0.1) is 5.82 Å². The minimum absolute atomic E-state index is 0.0982. The average Bonchev–Trinajstić information content (AvgIpc) is 3.35. The van der Waals surface area contributed by atoms with Crippen molar-refractivity contribution in [3.8, 4) is 0 Å². The lowest BCUT2D eigenvalue weighted by atomic mass is 9.92. The summed E-state index contributed by atoms with van der Waals surface area (Å²) in [6.07, 6.45) is 1.21. The molecule has 1 N–H and O–H groups in total. The van der Waals surface area contributed by atoms with E-state index in [1.165, 1.54) is 23.1 Å². The molecule has 1 aliphatic rings. The Balaban J connectivity index is 1.60. The molecule has 0 radical (unpaired) electrons. The number of carbonyl (C=O) groups excluding carboxylic acids is 1. The maximum Gasteiger partial charge on any atom is 0.228 e. The predicted molar refractivity (Wildman–Crippen MR) is 110 cm³/mol. The highest BCUT2D eigenvalue weighted by Gasteiger charge is 2.34. The highest BCUT2D eigenvalue weighted by Crippen LogP contribution is 2.38. The van der Waals surface area contributed by atoms with E-state index in [1.807, 2.05) is 34.5 Å². The average molecular weight is 390 g/mol. The second kappa shape index (κ2) is 6.91. The van der Waals surface area contributed by atoms with E-state index >= 15 is 0 Å². The van der Waals surface area contributed by atoms with E-state index in [1.54, 1.807) is 23.5 Å². The molecule has 0 unspecified atom stereocenters. The first-order chi connectivity index (χ1) is 13.7. The van der Waals surface area contributed by atoms with Crippen molar-refractivity contribution in [1.82, 2.24) is 9.88 Å². The topological polar surface area (TPSA) is 36.1 Å². The molecule has 0 fully saturated rings. The molecule has 0 saturated carbocycles. The van der Waals surface area contributed by atoms with Crippen molar-refractivity contribution in [3.05, 3.63) is 93.6 Å². The largest absolute Gasteiger partial charge is 0.356 e. The number of nitrogens with zero attached hydrogens (tertiary/aromatic N) is 1. The monoisotopic (exact) mass is 390 g/mol. The number of benzene rings is 2. The number of nitrogens with one attached hydrogen (secondary N) is 1. The normalized spacial score (nSPS) is 16.3. The molecule has 3 nitrogen and oxygen atoms in total. The van der Waals surface area contributed by atoms with Crippen LogP contribution < -0.4 is 0 Å². The molecule has 140 valence electrons. The van der Waals surface area contributed by atoms with Gasteiger partial charge in [0.1, 0.15) is 5.82 Å². The van der Waals surface area contributed by atoms with Crippen LogP contribution in [-0.4, -0.2) is 22.3 Å². The Bertz CT molecular complexity index is 1130. The minimum Gasteiger partial charge on any atom is -0.356 e. The first-order valence-corrected chi connectivity index (χ1v) is 10.3. The van der Waals surface area contributed by atoms with Crippen LogP contribution in [0.25, 0.3) is 10.9 Å². The third kappa shape index (κ3) is 2.92. The molecule has 1 amide bonds. The Kier molecular flexibility index (Phi) is 4.24. The fourth-order valence-electron chi connectivity index (χ4n) is 4.16. The molecule has 4 aromatic rings. The summed E-state index contributed by atoms with van der Waals surface area (Å²) in [5, 5.41) is 3.20. The Labute approximate surface area is 166 Å². The van der Waals surface area contributed by atoms with E-state index in [9.17, 15) is 9.18 Å². The Morgan fingerprint density at radius 3 is 2.71 bits per heavy atom. The molecule has 2 aromatic carbocycles. The fourth-order valence-corrected chi connectivity index (χ4v) is 4.86. The maximum atomic E-state index is 13.5. The Morgan fingerprint density at radius 1 is 1.11 bits per heavy atom. The molecule has 0 aliphatic carbocycles. The molecule has 1 atom stereocenters. The number of amides is 1. The number of halogens is 1. The van der Waals surface area contributed by atoms with Crippen molar-refractivity contribution in [2.24, 2.45) is 0 Å². The number of aromatic amines is 1. The molecule has 28 heavy (non-hydrogen) atoms. The zero-order valence-corrected chi connectivity index (χ0v) is 16.0. The summed E-state index contributed by atoms with van der Waals surface area (Å²) < 4.78 is 13.5. The molecule has 0 spiro atoms. The highest BCUT2D eigenvalue weighted by atomic mass is 32.1. The third-order valence-corrected chi connectivity index (χ3v) is 6.32. The number of rotatable bonds is 3. The highest BCUT2D eigenvalue weighted by molar-refractivity contribution is 7.10. The van der Waals surface area contributed by atoms with Crippen molar-refractivity contribution < 1.29 is 9.18 Å². The lowest BCUT2D eigenvalue weighted by Crippen LogP contribution is -2.41. The van der Waals surface area contributed by atoms with Gasteiger partial charge in [0.05, 0.1) is 12.5 Å². The third-order valence-electron chi connectivity index (χ3n) is 5.45. The van der Waals surface area contributed by atoms with Gasteiger partial charge in [0.25, 0.3) is 0 Å². The van der Waals surface area contributed by atoms with Gasteiger partial charge in [-0.2, -0.15) is 0 Å². The smallest absolute Gasteiger partial charge is 0.228 e. The number of aromatic nitrogens is 1. The molecule has 1 aliphatic heterocycles. The second-order valence-corrected chi connectivity index (χ2v) is 8.14. The summed E-state index contributed by atoms with van der Waals surface area (Å²) in [7, 11) is 0. The van der Waals surface area contributed by atoms with Gasteiger partial charge in [0, 0.05) is 28.0 Å². The standard InChI is InChI=1S/C23H19FN2OS/c24-16-9-7-15(8-10-16)23-22-19(18-5-1-2-6-20(18)25-22)11-12-26(23)21(27)14-17-4-3-13-28-17/h1-10,13,23,25H,11-12,14H2/t23-/m1/s1. The van der Waals surface area contributed by atoms with E-state index in [0.717, 1.165) is 28.1 Å². The molecule has 0 saturated heterocycles. The van der Waals surface area contributed by atoms with Gasteiger partial charge in [-0.15, -0.1) is 11.3 Å². The predicted octanol–water partition coefficient (Wildman–Crippen LogP) is 5.09. The quantitative estimate of drug-likeness (QED) is 0.520. The van der Waals surface area contributed by atoms with Crippen LogP contribution in [0.4, 0.5) is 4.39 Å². The number of H-pyrrole nitrogens is 1. The van der Waals surface area contributed by atoms with Crippen molar-refractivity contribution >= 4 is 28.1 Å². The summed E-state index contributed by atoms with van der Waals surface area (Å²) in [6.45, 7) is 0.654. The maximum absolute atomic E-state index is 13.5. The first kappa shape index (κ1) is 17.2. The summed E-state index contributed by atoms with van der Waals surface area (Å²) >= 11 is 1.60. The first-order valence-electron chi connectivity index (χ1n) is 9.37. The number of hydrogen-bond acceptors (Lipinski definition) is 2.